The summed E-state index contributed by atoms with van der Waals surface area (Å²) in [7, 11) is 1.68. The van der Waals surface area contributed by atoms with Crippen molar-refractivity contribution in [2.75, 3.05) is 20.2 Å². The van der Waals surface area contributed by atoms with Gasteiger partial charge < -0.3 is 21.1 Å². The summed E-state index contributed by atoms with van der Waals surface area (Å²) in [4.78, 5) is 23.8. The number of halogens is 2. The zero-order valence-electron chi connectivity index (χ0n) is 18.5. The summed E-state index contributed by atoms with van der Waals surface area (Å²) < 4.78 is 32.3. The molecule has 2 amide bonds. The number of benzene rings is 2. The summed E-state index contributed by atoms with van der Waals surface area (Å²) in [5.41, 5.74) is 7.74. The third-order valence-corrected chi connectivity index (χ3v) is 6.09. The molecule has 0 heterocycles. The van der Waals surface area contributed by atoms with Gasteiger partial charge in [0.25, 0.3) is 5.91 Å². The lowest BCUT2D eigenvalue weighted by Crippen LogP contribution is -2.57. The smallest absolute Gasteiger partial charge is 0.251 e. The number of rotatable bonds is 8. The van der Waals surface area contributed by atoms with Crippen molar-refractivity contribution in [1.29, 1.82) is 0 Å². The molecule has 0 fully saturated rings. The van der Waals surface area contributed by atoms with E-state index in [1.807, 2.05) is 12.1 Å². The van der Waals surface area contributed by atoms with E-state index in [2.05, 4.69) is 24.5 Å². The van der Waals surface area contributed by atoms with E-state index < -0.39 is 23.4 Å². The highest BCUT2D eigenvalue weighted by Gasteiger charge is 2.42. The van der Waals surface area contributed by atoms with Crippen LogP contribution in [0.4, 0.5) is 8.78 Å². The van der Waals surface area contributed by atoms with E-state index in [1.165, 1.54) is 0 Å². The summed E-state index contributed by atoms with van der Waals surface area (Å²) >= 11 is 0. The number of nitrogens with one attached hydrogen (secondary N) is 2. The average molecular weight is 446 g/mol. The highest BCUT2D eigenvalue weighted by Crippen LogP contribution is 2.38. The van der Waals surface area contributed by atoms with Crippen molar-refractivity contribution >= 4 is 11.8 Å². The summed E-state index contributed by atoms with van der Waals surface area (Å²) in [6, 6.07) is 8.23. The van der Waals surface area contributed by atoms with Crippen LogP contribution in [0.15, 0.2) is 36.4 Å². The van der Waals surface area contributed by atoms with E-state index in [0.29, 0.717) is 31.5 Å². The van der Waals surface area contributed by atoms with E-state index in [0.717, 1.165) is 29.3 Å². The highest BCUT2D eigenvalue weighted by atomic mass is 19.1. The normalized spacial score (nSPS) is 19.3. The third-order valence-electron chi connectivity index (χ3n) is 6.09. The molecule has 2 atom stereocenters. The number of carbonyl (C=O) groups is 2. The zero-order valence-corrected chi connectivity index (χ0v) is 18.5. The summed E-state index contributed by atoms with van der Waals surface area (Å²) in [5.74, 6) is -2.57. The predicted molar refractivity (Wildman–Crippen MR) is 118 cm³/mol. The van der Waals surface area contributed by atoms with Crippen LogP contribution in [0.1, 0.15) is 52.1 Å². The number of primary amides is 1. The van der Waals surface area contributed by atoms with Crippen LogP contribution in [-0.4, -0.2) is 44.2 Å². The van der Waals surface area contributed by atoms with Crippen LogP contribution in [0.3, 0.4) is 0 Å². The number of fused-ring (bicyclic) bond motifs is 1. The van der Waals surface area contributed by atoms with Gasteiger partial charge in [0, 0.05) is 48.7 Å². The molecule has 0 radical (unpaired) electrons. The maximum Gasteiger partial charge on any atom is 0.251 e. The van der Waals surface area contributed by atoms with Gasteiger partial charge in [-0.25, -0.2) is 8.78 Å². The first-order valence-corrected chi connectivity index (χ1v) is 10.6. The molecule has 3 rings (SSSR count). The van der Waals surface area contributed by atoms with Crippen LogP contribution < -0.4 is 16.4 Å². The Morgan fingerprint density at radius 3 is 2.41 bits per heavy atom. The van der Waals surface area contributed by atoms with Gasteiger partial charge in [-0.1, -0.05) is 19.9 Å². The van der Waals surface area contributed by atoms with Gasteiger partial charge in [0.1, 0.15) is 11.6 Å². The van der Waals surface area contributed by atoms with Crippen LogP contribution >= 0.6 is 0 Å². The third kappa shape index (κ3) is 5.14. The molecule has 6 nitrogen and oxygen atoms in total. The van der Waals surface area contributed by atoms with Gasteiger partial charge in [0.15, 0.2) is 0 Å². The van der Waals surface area contributed by atoms with Crippen LogP contribution in [-0.2, 0) is 16.6 Å². The Morgan fingerprint density at radius 1 is 1.09 bits per heavy atom. The first-order chi connectivity index (χ1) is 15.1. The molecule has 0 saturated carbocycles. The van der Waals surface area contributed by atoms with Gasteiger partial charge >= 0.3 is 0 Å². The molecule has 0 aliphatic heterocycles. The minimum atomic E-state index is -0.790. The van der Waals surface area contributed by atoms with Gasteiger partial charge in [-0.05, 0) is 48.4 Å². The van der Waals surface area contributed by atoms with E-state index in [-0.39, 0.29) is 23.1 Å². The van der Waals surface area contributed by atoms with Crippen molar-refractivity contribution in [2.24, 2.45) is 5.73 Å². The second-order valence-corrected chi connectivity index (χ2v) is 8.64. The summed E-state index contributed by atoms with van der Waals surface area (Å²) in [6.07, 6.45) is 1.25. The molecule has 172 valence electrons. The standard InChI is InChI=1S/C24H29F2N3O3/c1-24(2)19-11-15(22(27)30)6-5-14(19)12-20(32-3)21(24)28-7-4-8-29-23(31)16-9-17(25)13-18(26)10-16/h5-6,9-11,13,20-21,28H,4,7-8,12H2,1-3H3,(H2,27,30)(H,29,31). The summed E-state index contributed by atoms with van der Waals surface area (Å²) in [6.45, 7) is 5.13. The van der Waals surface area contributed by atoms with Crippen molar-refractivity contribution in [2.45, 2.75) is 44.2 Å². The molecule has 2 unspecified atom stereocenters. The number of nitrogens with two attached hydrogens (primary N) is 1. The second kappa shape index (κ2) is 9.75. The van der Waals surface area contributed by atoms with Crippen molar-refractivity contribution in [3.63, 3.8) is 0 Å². The fourth-order valence-corrected chi connectivity index (χ4v) is 4.42. The monoisotopic (exact) mass is 445 g/mol. The largest absolute Gasteiger partial charge is 0.379 e. The van der Waals surface area contributed by atoms with Gasteiger partial charge in [0.05, 0.1) is 6.10 Å². The lowest BCUT2D eigenvalue weighted by Gasteiger charge is -2.45. The minimum absolute atomic E-state index is 0.0313. The maximum atomic E-state index is 13.3. The number of carbonyl (C=O) groups excluding carboxylic acids is 2. The molecule has 2 aromatic carbocycles. The average Bonchev–Trinajstić information content (AvgIpc) is 2.73. The Hall–Kier alpha value is -2.84. The van der Waals surface area contributed by atoms with Gasteiger partial charge in [0.2, 0.25) is 5.91 Å². The SMILES string of the molecule is COC1Cc2ccc(C(N)=O)cc2C(C)(C)C1NCCCNC(=O)c1cc(F)cc(F)c1. The summed E-state index contributed by atoms with van der Waals surface area (Å²) in [5, 5.41) is 6.20. The second-order valence-electron chi connectivity index (χ2n) is 8.64. The lowest BCUT2D eigenvalue weighted by molar-refractivity contribution is 0.0356. The van der Waals surface area contributed by atoms with E-state index >= 15 is 0 Å². The molecule has 4 N–H and O–H groups in total. The topological polar surface area (TPSA) is 93.4 Å². The molecule has 0 spiro atoms. The molecular weight excluding hydrogens is 416 g/mol. The maximum absolute atomic E-state index is 13.3. The fourth-order valence-electron chi connectivity index (χ4n) is 4.42. The van der Waals surface area contributed by atoms with Crippen LogP contribution in [0.2, 0.25) is 0 Å². The molecule has 2 aromatic rings. The first-order valence-electron chi connectivity index (χ1n) is 10.6. The Kier molecular flexibility index (Phi) is 7.26. The van der Waals surface area contributed by atoms with Gasteiger partial charge in [-0.15, -0.1) is 0 Å². The van der Waals surface area contributed by atoms with Crippen molar-refractivity contribution in [3.8, 4) is 0 Å². The van der Waals surface area contributed by atoms with Crippen LogP contribution in [0.5, 0.6) is 0 Å². The molecule has 0 bridgehead atoms. The van der Waals surface area contributed by atoms with E-state index in [4.69, 9.17) is 10.5 Å². The number of hydrogen-bond acceptors (Lipinski definition) is 4. The number of hydrogen-bond donors (Lipinski definition) is 3. The molecule has 0 saturated heterocycles. The number of amides is 2. The molecule has 1 aliphatic carbocycles. The highest BCUT2D eigenvalue weighted by molar-refractivity contribution is 5.94. The fraction of sp³-hybridized carbons (Fsp3) is 0.417. The van der Waals surface area contributed by atoms with Crippen molar-refractivity contribution < 1.29 is 23.1 Å². The first kappa shape index (κ1) is 23.8. The molecule has 8 heteroatoms. The van der Waals surface area contributed by atoms with Crippen molar-refractivity contribution in [3.05, 3.63) is 70.3 Å². The Labute approximate surface area is 186 Å². The van der Waals surface area contributed by atoms with E-state index in [1.54, 1.807) is 13.2 Å². The Bertz CT molecular complexity index is 990. The molecule has 32 heavy (non-hydrogen) atoms. The Balaban J connectivity index is 1.60. The lowest BCUT2D eigenvalue weighted by atomic mass is 9.67. The predicted octanol–water partition coefficient (Wildman–Crippen LogP) is 2.69. The number of methoxy groups -OCH3 is 1. The van der Waals surface area contributed by atoms with Gasteiger partial charge in [-0.2, -0.15) is 0 Å². The zero-order chi connectivity index (χ0) is 23.5. The van der Waals surface area contributed by atoms with Gasteiger partial charge in [-0.3, -0.25) is 9.59 Å². The molecular formula is C24H29F2N3O3. The van der Waals surface area contributed by atoms with E-state index in [9.17, 15) is 18.4 Å². The molecule has 0 aromatic heterocycles. The van der Waals surface area contributed by atoms with Crippen LogP contribution in [0.25, 0.3) is 0 Å². The number of ether oxygens (including phenoxy) is 1. The minimum Gasteiger partial charge on any atom is -0.379 e. The van der Waals surface area contributed by atoms with Crippen LogP contribution in [0, 0.1) is 11.6 Å². The Morgan fingerprint density at radius 2 is 1.78 bits per heavy atom. The van der Waals surface area contributed by atoms with Crippen molar-refractivity contribution in [1.82, 2.24) is 10.6 Å². The molecule has 1 aliphatic rings. The quantitative estimate of drug-likeness (QED) is 0.545.